The molecule has 0 unspecified atom stereocenters. The van der Waals surface area contributed by atoms with E-state index in [1.165, 1.54) is 0 Å². The molecular weight excluding hydrogens is 358 g/mol. The summed E-state index contributed by atoms with van der Waals surface area (Å²) in [6.45, 7) is 4.45. The van der Waals surface area contributed by atoms with E-state index in [4.69, 9.17) is 9.26 Å². The van der Waals surface area contributed by atoms with Crippen molar-refractivity contribution in [2.75, 3.05) is 26.7 Å². The summed E-state index contributed by atoms with van der Waals surface area (Å²) in [5, 5.41) is 4.03. The van der Waals surface area contributed by atoms with E-state index in [-0.39, 0.29) is 11.3 Å². The number of methoxy groups -OCH3 is 1. The first kappa shape index (κ1) is 19.0. The number of carbonyl (C=O) groups excluding carboxylic acids is 1. The summed E-state index contributed by atoms with van der Waals surface area (Å²) in [4.78, 5) is 25.5. The summed E-state index contributed by atoms with van der Waals surface area (Å²) in [6, 6.07) is 5.86. The number of aromatic nitrogens is 3. The van der Waals surface area contributed by atoms with E-state index < -0.39 is 0 Å². The predicted octanol–water partition coefficient (Wildman–Crippen LogP) is 2.02. The lowest BCUT2D eigenvalue weighted by Crippen LogP contribution is -2.51. The average molecular weight is 385 g/mol. The maximum atomic E-state index is 12.4. The van der Waals surface area contributed by atoms with Crippen LogP contribution in [0, 0.1) is 5.41 Å². The summed E-state index contributed by atoms with van der Waals surface area (Å²) < 4.78 is 10.2. The Morgan fingerprint density at radius 1 is 1.21 bits per heavy atom. The van der Waals surface area contributed by atoms with Gasteiger partial charge in [0.05, 0.1) is 18.8 Å². The van der Waals surface area contributed by atoms with Gasteiger partial charge in [-0.05, 0) is 49.9 Å². The van der Waals surface area contributed by atoms with Gasteiger partial charge in [0.2, 0.25) is 5.91 Å². The van der Waals surface area contributed by atoms with Gasteiger partial charge in [0.25, 0.3) is 5.89 Å². The highest BCUT2D eigenvalue weighted by Crippen LogP contribution is 2.40. The maximum absolute atomic E-state index is 12.4. The first-order valence-corrected chi connectivity index (χ1v) is 9.86. The van der Waals surface area contributed by atoms with Crippen molar-refractivity contribution in [3.63, 3.8) is 0 Å². The Hall–Kier alpha value is -2.32. The lowest BCUT2D eigenvalue weighted by molar-refractivity contribution is -0.140. The molecule has 2 aliphatic rings. The van der Waals surface area contributed by atoms with Gasteiger partial charge >= 0.3 is 0 Å². The number of carbonyl (C=O) groups is 1. The van der Waals surface area contributed by atoms with Crippen LogP contribution in [0.3, 0.4) is 0 Å². The van der Waals surface area contributed by atoms with Crippen LogP contribution >= 0.6 is 0 Å². The lowest BCUT2D eigenvalue weighted by Gasteiger charge is -2.47. The second kappa shape index (κ2) is 8.36. The van der Waals surface area contributed by atoms with E-state index in [1.807, 2.05) is 23.1 Å². The number of rotatable bonds is 6. The molecule has 2 saturated heterocycles. The molecule has 1 spiro atoms. The third kappa shape index (κ3) is 4.39. The topological polar surface area (TPSA) is 84.6 Å². The van der Waals surface area contributed by atoms with E-state index in [0.29, 0.717) is 37.8 Å². The van der Waals surface area contributed by atoms with Gasteiger partial charge in [0.15, 0.2) is 5.82 Å². The molecule has 1 amide bonds. The van der Waals surface area contributed by atoms with Crippen molar-refractivity contribution in [2.45, 2.75) is 45.4 Å². The molecule has 2 aromatic heterocycles. The molecule has 2 aliphatic heterocycles. The molecule has 28 heavy (non-hydrogen) atoms. The van der Waals surface area contributed by atoms with Crippen molar-refractivity contribution < 1.29 is 14.1 Å². The molecule has 2 fully saturated rings. The number of likely N-dealkylation sites (tertiary alicyclic amines) is 2. The van der Waals surface area contributed by atoms with E-state index in [0.717, 1.165) is 44.6 Å². The summed E-state index contributed by atoms with van der Waals surface area (Å²) in [7, 11) is 1.61. The van der Waals surface area contributed by atoms with E-state index in [1.54, 1.807) is 13.3 Å². The van der Waals surface area contributed by atoms with Crippen molar-refractivity contribution in [1.82, 2.24) is 24.9 Å². The maximum Gasteiger partial charge on any atom is 0.252 e. The number of pyridine rings is 1. The standard InChI is InChI=1S/C20H27N5O3/c1-27-14-18-22-17(23-28-18)13-24-10-7-20(8-11-24)6-5-19(26)25(15-20)12-16-4-2-3-9-21-16/h2-4,9H,5-8,10-15H2,1H3. The molecule has 2 aromatic rings. The first-order chi connectivity index (χ1) is 13.7. The lowest BCUT2D eigenvalue weighted by atomic mass is 9.72. The highest BCUT2D eigenvalue weighted by atomic mass is 16.5. The van der Waals surface area contributed by atoms with Crippen molar-refractivity contribution in [1.29, 1.82) is 0 Å². The Labute approximate surface area is 164 Å². The van der Waals surface area contributed by atoms with Gasteiger partial charge in [-0.15, -0.1) is 0 Å². The number of amides is 1. The zero-order chi connectivity index (χ0) is 19.4. The first-order valence-electron chi connectivity index (χ1n) is 9.86. The normalized spacial score (nSPS) is 20.0. The van der Waals surface area contributed by atoms with Crippen LogP contribution in [0.2, 0.25) is 0 Å². The fraction of sp³-hybridized carbons (Fsp3) is 0.600. The number of hydrogen-bond donors (Lipinski definition) is 0. The molecule has 8 heteroatoms. The molecular formula is C20H27N5O3. The zero-order valence-corrected chi connectivity index (χ0v) is 16.3. The van der Waals surface area contributed by atoms with Gasteiger partial charge in [-0.1, -0.05) is 11.2 Å². The van der Waals surface area contributed by atoms with Crippen molar-refractivity contribution in [3.05, 3.63) is 41.8 Å². The molecule has 0 atom stereocenters. The molecule has 0 aliphatic carbocycles. The average Bonchev–Trinajstić information content (AvgIpc) is 3.15. The summed E-state index contributed by atoms with van der Waals surface area (Å²) in [5.41, 5.74) is 1.17. The largest absolute Gasteiger partial charge is 0.375 e. The molecule has 8 nitrogen and oxygen atoms in total. The van der Waals surface area contributed by atoms with E-state index in [9.17, 15) is 4.79 Å². The third-order valence-corrected chi connectivity index (χ3v) is 5.89. The minimum Gasteiger partial charge on any atom is -0.375 e. The van der Waals surface area contributed by atoms with Crippen molar-refractivity contribution >= 4 is 5.91 Å². The van der Waals surface area contributed by atoms with Crippen LogP contribution in [0.1, 0.15) is 43.1 Å². The van der Waals surface area contributed by atoms with Crippen molar-refractivity contribution in [2.24, 2.45) is 5.41 Å². The van der Waals surface area contributed by atoms with Gasteiger partial charge in [-0.2, -0.15) is 4.98 Å². The van der Waals surface area contributed by atoms with Crippen LogP contribution in [0.5, 0.6) is 0 Å². The van der Waals surface area contributed by atoms with Crippen LogP contribution < -0.4 is 0 Å². The van der Waals surface area contributed by atoms with E-state index in [2.05, 4.69) is 20.0 Å². The molecule has 0 bridgehead atoms. The predicted molar refractivity (Wildman–Crippen MR) is 101 cm³/mol. The van der Waals surface area contributed by atoms with Crippen molar-refractivity contribution in [3.8, 4) is 0 Å². The fourth-order valence-corrected chi connectivity index (χ4v) is 4.26. The molecule has 0 saturated carbocycles. The second-order valence-corrected chi connectivity index (χ2v) is 7.88. The Morgan fingerprint density at radius 3 is 2.82 bits per heavy atom. The Balaban J connectivity index is 1.33. The van der Waals surface area contributed by atoms with Gasteiger partial charge in [0, 0.05) is 26.3 Å². The highest BCUT2D eigenvalue weighted by Gasteiger charge is 2.41. The van der Waals surface area contributed by atoms with Crippen LogP contribution in [0.4, 0.5) is 0 Å². The number of ether oxygens (including phenoxy) is 1. The number of piperidine rings is 2. The second-order valence-electron chi connectivity index (χ2n) is 7.88. The number of nitrogens with zero attached hydrogens (tertiary/aromatic N) is 5. The van der Waals surface area contributed by atoms with Crippen LogP contribution in [0.15, 0.2) is 28.9 Å². The SMILES string of the molecule is COCc1nc(CN2CCC3(CCC(=O)N(Cc4ccccn4)C3)CC2)no1. The quantitative estimate of drug-likeness (QED) is 0.752. The molecule has 0 N–H and O–H groups in total. The monoisotopic (exact) mass is 385 g/mol. The Bertz CT molecular complexity index is 786. The van der Waals surface area contributed by atoms with Gasteiger partial charge < -0.3 is 14.2 Å². The summed E-state index contributed by atoms with van der Waals surface area (Å²) >= 11 is 0. The fourth-order valence-electron chi connectivity index (χ4n) is 4.26. The summed E-state index contributed by atoms with van der Waals surface area (Å²) in [6.07, 6.45) is 5.58. The molecule has 4 heterocycles. The number of hydrogen-bond acceptors (Lipinski definition) is 7. The van der Waals surface area contributed by atoms with E-state index >= 15 is 0 Å². The van der Waals surface area contributed by atoms with Crippen LogP contribution in [-0.4, -0.2) is 57.6 Å². The zero-order valence-electron chi connectivity index (χ0n) is 16.3. The Morgan fingerprint density at radius 2 is 2.07 bits per heavy atom. The molecule has 0 radical (unpaired) electrons. The Kier molecular flexibility index (Phi) is 5.68. The van der Waals surface area contributed by atoms with Crippen LogP contribution in [-0.2, 0) is 29.2 Å². The van der Waals surface area contributed by atoms with Crippen LogP contribution in [0.25, 0.3) is 0 Å². The third-order valence-electron chi connectivity index (χ3n) is 5.89. The van der Waals surface area contributed by atoms with Gasteiger partial charge in [-0.3, -0.25) is 14.7 Å². The summed E-state index contributed by atoms with van der Waals surface area (Å²) in [5.74, 6) is 1.47. The molecule has 0 aromatic carbocycles. The smallest absolute Gasteiger partial charge is 0.252 e. The van der Waals surface area contributed by atoms with Gasteiger partial charge in [-0.25, -0.2) is 0 Å². The molecule has 150 valence electrons. The highest BCUT2D eigenvalue weighted by molar-refractivity contribution is 5.77. The molecule has 4 rings (SSSR count). The van der Waals surface area contributed by atoms with Gasteiger partial charge in [0.1, 0.15) is 6.61 Å². The minimum absolute atomic E-state index is 0.220. The minimum atomic E-state index is 0.220.